The first-order valence-electron chi connectivity index (χ1n) is 13.9. The molecular weight excluding hydrogens is 688 g/mol. The first kappa shape index (κ1) is 31.0. The number of carbonyl (C=O) groups is 2. The molecule has 0 saturated carbocycles. The summed E-state index contributed by atoms with van der Waals surface area (Å²) in [6.45, 7) is 0. The van der Waals surface area contributed by atoms with Crippen LogP contribution >= 0.6 is 38.6 Å². The molecule has 0 spiro atoms. The number of hydrogen-bond donors (Lipinski definition) is 3. The van der Waals surface area contributed by atoms with Gasteiger partial charge in [0.05, 0.1) is 7.11 Å². The Balaban J connectivity index is 1.00. The summed E-state index contributed by atoms with van der Waals surface area (Å²) in [5.74, 6) is 0.121. The highest BCUT2D eigenvalue weighted by Gasteiger charge is 2.14. The molecule has 11 nitrogen and oxygen atoms in total. The van der Waals surface area contributed by atoms with Crippen molar-refractivity contribution in [3.63, 3.8) is 0 Å². The smallest absolute Gasteiger partial charge is 0.226 e. The number of carbonyl (C=O) groups excluding carboxylic acids is 2. The van der Waals surface area contributed by atoms with Crippen LogP contribution in [0.25, 0.3) is 32.3 Å². The quantitative estimate of drug-likeness (QED) is 0.123. The molecular formula is C32H25BrN8O3S2. The molecule has 3 N–H and O–H groups in total. The lowest BCUT2D eigenvalue weighted by atomic mass is 10.1. The molecule has 0 fully saturated rings. The second kappa shape index (κ2) is 14.4. The number of nitrogens with zero attached hydrogens (tertiary/aromatic N) is 5. The molecule has 0 unspecified atom stereocenters. The second-order valence-electron chi connectivity index (χ2n) is 9.78. The Kier molecular flexibility index (Phi) is 9.67. The number of methoxy groups -OCH3 is 1. The Bertz CT molecular complexity index is 1960. The molecule has 0 aliphatic carbocycles. The van der Waals surface area contributed by atoms with Gasteiger partial charge in [-0.05, 0) is 60.2 Å². The maximum Gasteiger partial charge on any atom is 0.226 e. The van der Waals surface area contributed by atoms with Crippen molar-refractivity contribution < 1.29 is 14.3 Å². The van der Waals surface area contributed by atoms with E-state index in [2.05, 4.69) is 57.3 Å². The highest BCUT2D eigenvalue weighted by Crippen LogP contribution is 2.33. The summed E-state index contributed by atoms with van der Waals surface area (Å²) in [6, 6.07) is 25.2. The Morgan fingerprint density at radius 2 is 1.26 bits per heavy atom. The van der Waals surface area contributed by atoms with Crippen LogP contribution in [0.15, 0.2) is 95.7 Å². The average Bonchev–Trinajstić information content (AvgIpc) is 3.75. The zero-order valence-corrected chi connectivity index (χ0v) is 27.4. The monoisotopic (exact) mass is 712 g/mol. The predicted molar refractivity (Wildman–Crippen MR) is 184 cm³/mol. The Labute approximate surface area is 280 Å². The average molecular weight is 714 g/mol. The van der Waals surface area contributed by atoms with Crippen molar-refractivity contribution in [2.45, 2.75) is 12.8 Å². The van der Waals surface area contributed by atoms with E-state index < -0.39 is 0 Å². The number of aromatic nitrogens is 5. The normalized spacial score (nSPS) is 10.7. The van der Waals surface area contributed by atoms with Crippen LogP contribution < -0.4 is 20.7 Å². The van der Waals surface area contributed by atoms with E-state index in [-0.39, 0.29) is 24.7 Å². The Morgan fingerprint density at radius 3 is 1.83 bits per heavy atom. The molecule has 6 aromatic rings. The lowest BCUT2D eigenvalue weighted by molar-refractivity contribution is -0.121. The van der Waals surface area contributed by atoms with Gasteiger partial charge in [-0.25, -0.2) is 0 Å². The zero-order valence-electron chi connectivity index (χ0n) is 24.2. The molecule has 0 saturated heterocycles. The van der Waals surface area contributed by atoms with Crippen LogP contribution in [0.5, 0.6) is 5.75 Å². The molecule has 0 aliphatic rings. The number of amides is 2. The third-order valence-electron chi connectivity index (χ3n) is 6.65. The number of benzene rings is 3. The largest absolute Gasteiger partial charge is 0.497 e. The van der Waals surface area contributed by atoms with E-state index in [0.29, 0.717) is 20.3 Å². The van der Waals surface area contributed by atoms with Crippen molar-refractivity contribution in [2.24, 2.45) is 0 Å². The number of anilines is 4. The maximum absolute atomic E-state index is 12.5. The summed E-state index contributed by atoms with van der Waals surface area (Å²) in [6.07, 6.45) is 3.53. The van der Waals surface area contributed by atoms with E-state index >= 15 is 0 Å². The van der Waals surface area contributed by atoms with Crippen molar-refractivity contribution in [2.75, 3.05) is 23.1 Å². The van der Waals surface area contributed by atoms with E-state index in [1.807, 2.05) is 85.1 Å². The number of pyridine rings is 1. The van der Waals surface area contributed by atoms with Gasteiger partial charge < -0.3 is 20.7 Å². The van der Waals surface area contributed by atoms with Crippen LogP contribution in [0, 0.1) is 0 Å². The molecule has 0 aliphatic heterocycles. The molecule has 2 amide bonds. The lowest BCUT2D eigenvalue weighted by Gasteiger charge is -2.12. The van der Waals surface area contributed by atoms with Gasteiger partial charge in [0, 0.05) is 57.8 Å². The van der Waals surface area contributed by atoms with Gasteiger partial charge >= 0.3 is 0 Å². The third kappa shape index (κ3) is 7.77. The van der Waals surface area contributed by atoms with Gasteiger partial charge in [-0.2, -0.15) is 0 Å². The first-order valence-corrected chi connectivity index (χ1v) is 16.3. The van der Waals surface area contributed by atoms with Gasteiger partial charge in [0.15, 0.2) is 0 Å². The van der Waals surface area contributed by atoms with Crippen LogP contribution in [0.2, 0.25) is 0 Å². The maximum atomic E-state index is 12.5. The summed E-state index contributed by atoms with van der Waals surface area (Å²) in [4.78, 5) is 29.2. The minimum absolute atomic E-state index is 0.0171. The topological polar surface area (TPSA) is 144 Å². The van der Waals surface area contributed by atoms with Gasteiger partial charge in [-0.15, -0.1) is 20.4 Å². The molecule has 230 valence electrons. The molecule has 0 radical (unpaired) electrons. The summed E-state index contributed by atoms with van der Waals surface area (Å²) in [7, 11) is 1.64. The lowest BCUT2D eigenvalue weighted by Crippen LogP contribution is -2.17. The van der Waals surface area contributed by atoms with E-state index in [0.717, 1.165) is 43.9 Å². The van der Waals surface area contributed by atoms with E-state index in [9.17, 15) is 9.59 Å². The van der Waals surface area contributed by atoms with E-state index in [1.54, 1.807) is 13.3 Å². The van der Waals surface area contributed by atoms with E-state index in [1.165, 1.54) is 22.7 Å². The Hall–Kier alpha value is -5.05. The molecule has 3 aromatic heterocycles. The van der Waals surface area contributed by atoms with Gasteiger partial charge in [-0.3, -0.25) is 14.6 Å². The summed E-state index contributed by atoms with van der Waals surface area (Å²) in [5, 5.41) is 27.4. The fraction of sp³-hybridized carbons (Fsp3) is 0.0938. The summed E-state index contributed by atoms with van der Waals surface area (Å²) < 4.78 is 6.23. The van der Waals surface area contributed by atoms with Crippen LogP contribution in [-0.4, -0.2) is 44.3 Å². The molecule has 3 aromatic carbocycles. The van der Waals surface area contributed by atoms with Gasteiger partial charge in [0.2, 0.25) is 22.1 Å². The predicted octanol–water partition coefficient (Wildman–Crippen LogP) is 7.66. The van der Waals surface area contributed by atoms with Gasteiger partial charge in [-0.1, -0.05) is 62.9 Å². The minimum Gasteiger partial charge on any atom is -0.497 e. The fourth-order valence-corrected chi connectivity index (χ4v) is 6.11. The van der Waals surface area contributed by atoms with Crippen molar-refractivity contribution in [3.8, 4) is 38.0 Å². The number of halogens is 1. The number of nitrogens with one attached hydrogen (secondary N) is 3. The standard InChI is InChI=1S/C32H25BrN8O3S2/c1-44-24-12-6-19(7-13-24)25-18-34-17-16-26(25)35-23-10-4-21(5-11-23)30-39-41-32(46-30)37-28(43)15-14-27(42)36-31-40-38-29(45-31)20-2-8-22(33)9-3-20/h2-13,16-18H,14-15H2,1H3,(H,34,35)(H,36,40,42)(H,37,41,43). The third-order valence-corrected chi connectivity index (χ3v) is 8.95. The van der Waals surface area contributed by atoms with Crippen LogP contribution in [0.3, 0.4) is 0 Å². The van der Waals surface area contributed by atoms with Gasteiger partial charge in [0.1, 0.15) is 15.8 Å². The molecule has 3 heterocycles. The van der Waals surface area contributed by atoms with Crippen molar-refractivity contribution in [1.29, 1.82) is 0 Å². The van der Waals surface area contributed by atoms with E-state index in [4.69, 9.17) is 4.74 Å². The molecule has 46 heavy (non-hydrogen) atoms. The van der Waals surface area contributed by atoms with Gasteiger partial charge in [0.25, 0.3) is 0 Å². The SMILES string of the molecule is COc1ccc(-c2cnccc2Nc2ccc(-c3nnc(NC(=O)CCC(=O)Nc4nnc(-c5ccc(Br)cc5)s4)s3)cc2)cc1. The van der Waals surface area contributed by atoms with Crippen molar-refractivity contribution >= 4 is 72.1 Å². The summed E-state index contributed by atoms with van der Waals surface area (Å²) >= 11 is 5.92. The first-order chi connectivity index (χ1) is 22.4. The van der Waals surface area contributed by atoms with Crippen molar-refractivity contribution in [1.82, 2.24) is 25.4 Å². The fourth-order valence-electron chi connectivity index (χ4n) is 4.32. The number of rotatable bonds is 11. The molecule has 14 heteroatoms. The van der Waals surface area contributed by atoms with Crippen molar-refractivity contribution in [3.05, 3.63) is 95.7 Å². The molecule has 6 rings (SSSR count). The Morgan fingerprint density at radius 1 is 0.717 bits per heavy atom. The highest BCUT2D eigenvalue weighted by atomic mass is 79.9. The number of ether oxygens (including phenoxy) is 1. The van der Waals surface area contributed by atoms with Crippen LogP contribution in [0.4, 0.5) is 21.6 Å². The minimum atomic E-state index is -0.338. The molecule has 0 bridgehead atoms. The zero-order chi connectivity index (χ0) is 31.9. The number of hydrogen-bond acceptors (Lipinski definition) is 11. The van der Waals surface area contributed by atoms with Crippen LogP contribution in [-0.2, 0) is 9.59 Å². The second-order valence-corrected chi connectivity index (χ2v) is 12.7. The van der Waals surface area contributed by atoms with Crippen LogP contribution in [0.1, 0.15) is 12.8 Å². The summed E-state index contributed by atoms with van der Waals surface area (Å²) in [5.41, 5.74) is 5.53. The molecule has 0 atom stereocenters. The highest BCUT2D eigenvalue weighted by molar-refractivity contribution is 9.10.